The fourth-order valence-corrected chi connectivity index (χ4v) is 6.06. The predicted molar refractivity (Wildman–Crippen MR) is 199 cm³/mol. The van der Waals surface area contributed by atoms with E-state index in [0.29, 0.717) is 19.3 Å². The molecule has 6 atom stereocenters. The summed E-state index contributed by atoms with van der Waals surface area (Å²) in [4.78, 5) is 43.0. The van der Waals surface area contributed by atoms with Gasteiger partial charge in [-0.1, -0.05) is 107 Å². The number of unbranched alkanes of at least 4 members (excludes halogenated alkanes) is 7. The van der Waals surface area contributed by atoms with Crippen LogP contribution in [0.2, 0.25) is 0 Å². The summed E-state index contributed by atoms with van der Waals surface area (Å²) in [5.41, 5.74) is 0. The Bertz CT molecular complexity index is 1130. The molecular formula is C39H65O11P. The van der Waals surface area contributed by atoms with Crippen molar-refractivity contribution < 1.29 is 53.3 Å². The average molecular weight is 741 g/mol. The molecule has 1 fully saturated rings. The first-order valence-electron chi connectivity index (χ1n) is 18.8. The number of allylic oxidation sites excluding steroid dienone is 7. The van der Waals surface area contributed by atoms with Gasteiger partial charge in [0.05, 0.1) is 31.3 Å². The maximum Gasteiger partial charge on any atom is 0.469 e. The Labute approximate surface area is 305 Å². The van der Waals surface area contributed by atoms with E-state index in [9.17, 15) is 29.5 Å². The van der Waals surface area contributed by atoms with Gasteiger partial charge < -0.3 is 34.6 Å². The normalized spacial score (nSPS) is 21.2. The second-order valence-corrected chi connectivity index (χ2v) is 14.4. The van der Waals surface area contributed by atoms with Gasteiger partial charge in [0.2, 0.25) is 0 Å². The number of carbonyl (C=O) groups is 2. The third-order valence-corrected chi connectivity index (χ3v) is 9.10. The molecule has 0 heterocycles. The molecule has 0 aromatic carbocycles. The minimum absolute atomic E-state index is 0.0944. The molecule has 0 amide bonds. The standard InChI is InChI=1S/C39H65O11P/c1-3-5-7-8-9-10-11-12-13-14-15-16-17-18-20-26-39(44)50-33(31-49-51(45,46)47)30-48-38(43)25-22-21-24-34-35(37(42)29-36(34)41)28-27-32(40)23-19-6-4-2/h9-10,12-13,15-16,21-22,27-28,32-37,40-42H,3-8,11,14,17-20,23-26,29-31H2,1-2H3,(H2,45,46,47)/b10-9-,13-12-,16-15-,22-21-,28-27+/t32-,33-,34+,35-,36+,37-/m1/s1. The van der Waals surface area contributed by atoms with Gasteiger partial charge in [-0.25, -0.2) is 4.57 Å². The maximum absolute atomic E-state index is 12.4. The van der Waals surface area contributed by atoms with E-state index in [-0.39, 0.29) is 31.1 Å². The molecule has 0 spiro atoms. The van der Waals surface area contributed by atoms with Gasteiger partial charge >= 0.3 is 19.8 Å². The van der Waals surface area contributed by atoms with Gasteiger partial charge in [-0.3, -0.25) is 14.1 Å². The number of aliphatic hydroxyl groups excluding tert-OH is 3. The molecule has 1 saturated carbocycles. The highest BCUT2D eigenvalue weighted by Crippen LogP contribution is 2.37. The number of phosphoric acid groups is 1. The van der Waals surface area contributed by atoms with E-state index in [0.717, 1.165) is 51.4 Å². The number of aliphatic hydroxyl groups is 3. The van der Waals surface area contributed by atoms with Crippen LogP contribution in [0.1, 0.15) is 123 Å². The van der Waals surface area contributed by atoms with Gasteiger partial charge in [0.25, 0.3) is 0 Å². The number of hydrogen-bond acceptors (Lipinski definition) is 9. The molecule has 0 bridgehead atoms. The van der Waals surface area contributed by atoms with Crippen LogP contribution in [0.3, 0.4) is 0 Å². The van der Waals surface area contributed by atoms with Crippen LogP contribution in [0.4, 0.5) is 0 Å². The lowest BCUT2D eigenvalue weighted by Crippen LogP contribution is -2.29. The van der Waals surface area contributed by atoms with Crippen molar-refractivity contribution in [1.29, 1.82) is 0 Å². The van der Waals surface area contributed by atoms with Crippen LogP contribution in [0, 0.1) is 11.8 Å². The van der Waals surface area contributed by atoms with E-state index in [2.05, 4.69) is 54.8 Å². The molecule has 292 valence electrons. The number of esters is 2. The molecule has 11 nitrogen and oxygen atoms in total. The minimum Gasteiger partial charge on any atom is -0.461 e. The molecule has 0 saturated heterocycles. The van der Waals surface area contributed by atoms with Crippen LogP contribution >= 0.6 is 7.82 Å². The molecule has 51 heavy (non-hydrogen) atoms. The van der Waals surface area contributed by atoms with E-state index in [1.807, 2.05) is 0 Å². The largest absolute Gasteiger partial charge is 0.469 e. The lowest BCUT2D eigenvalue weighted by molar-refractivity contribution is -0.160. The van der Waals surface area contributed by atoms with Gasteiger partial charge in [-0.05, 0) is 63.7 Å². The summed E-state index contributed by atoms with van der Waals surface area (Å²) in [6.07, 6.45) is 29.4. The Morgan fingerprint density at radius 3 is 2.06 bits per heavy atom. The molecule has 0 aromatic heterocycles. The average Bonchev–Trinajstić information content (AvgIpc) is 3.35. The summed E-state index contributed by atoms with van der Waals surface area (Å²) in [6.45, 7) is 3.21. The molecule has 0 aromatic rings. The highest BCUT2D eigenvalue weighted by atomic mass is 31.2. The zero-order chi connectivity index (χ0) is 37.7. The SMILES string of the molecule is CCCCC/C=C\C/C=C\C/C=C\CCCCC(=O)O[C@H](COC(=O)C/C=C\C[C@H]1[C@@H](/C=C/[C@H](O)CCCCC)[C@H](O)C[C@@H]1O)COP(=O)(O)O. The van der Waals surface area contributed by atoms with Crippen LogP contribution in [0.15, 0.2) is 60.8 Å². The van der Waals surface area contributed by atoms with E-state index in [1.165, 1.54) is 19.3 Å². The van der Waals surface area contributed by atoms with Crippen molar-refractivity contribution in [2.24, 2.45) is 11.8 Å². The lowest BCUT2D eigenvalue weighted by atomic mass is 9.89. The van der Waals surface area contributed by atoms with Crippen molar-refractivity contribution in [2.75, 3.05) is 13.2 Å². The molecule has 1 aliphatic carbocycles. The Kier molecular flexibility index (Phi) is 26.6. The second kappa shape index (κ2) is 29.1. The van der Waals surface area contributed by atoms with Crippen molar-refractivity contribution in [2.45, 2.75) is 147 Å². The second-order valence-electron chi connectivity index (χ2n) is 13.2. The summed E-state index contributed by atoms with van der Waals surface area (Å²) in [5, 5.41) is 31.1. The van der Waals surface area contributed by atoms with Crippen molar-refractivity contribution in [1.82, 2.24) is 0 Å². The van der Waals surface area contributed by atoms with Gasteiger partial charge in [0, 0.05) is 18.8 Å². The van der Waals surface area contributed by atoms with Crippen molar-refractivity contribution >= 4 is 19.8 Å². The Hall–Kier alpha value is -2.37. The summed E-state index contributed by atoms with van der Waals surface area (Å²) in [7, 11) is -4.84. The fourth-order valence-electron chi connectivity index (χ4n) is 5.70. The van der Waals surface area contributed by atoms with Crippen molar-refractivity contribution in [3.63, 3.8) is 0 Å². The Morgan fingerprint density at radius 1 is 0.784 bits per heavy atom. The summed E-state index contributed by atoms with van der Waals surface area (Å²) in [6, 6.07) is 0. The molecule has 0 unspecified atom stereocenters. The van der Waals surface area contributed by atoms with Crippen LogP contribution < -0.4 is 0 Å². The van der Waals surface area contributed by atoms with E-state index in [1.54, 1.807) is 24.3 Å². The van der Waals surface area contributed by atoms with Crippen LogP contribution in [-0.4, -0.2) is 74.7 Å². The lowest BCUT2D eigenvalue weighted by Gasteiger charge is -2.19. The topological polar surface area (TPSA) is 180 Å². The molecule has 1 aliphatic rings. The monoisotopic (exact) mass is 740 g/mol. The summed E-state index contributed by atoms with van der Waals surface area (Å²) < 4.78 is 26.2. The predicted octanol–water partition coefficient (Wildman–Crippen LogP) is 7.33. The number of rotatable bonds is 29. The molecule has 1 rings (SSSR count). The Balaban J connectivity index is 2.43. The number of phosphoric ester groups is 1. The molecule has 12 heteroatoms. The summed E-state index contributed by atoms with van der Waals surface area (Å²) >= 11 is 0. The van der Waals surface area contributed by atoms with Crippen molar-refractivity contribution in [3.8, 4) is 0 Å². The zero-order valence-electron chi connectivity index (χ0n) is 30.8. The first kappa shape index (κ1) is 46.7. The van der Waals surface area contributed by atoms with Crippen LogP contribution in [0.25, 0.3) is 0 Å². The third kappa shape index (κ3) is 25.3. The molecule has 5 N–H and O–H groups in total. The van der Waals surface area contributed by atoms with Crippen LogP contribution in [-0.2, 0) is 28.2 Å². The first-order chi connectivity index (χ1) is 24.5. The minimum atomic E-state index is -4.84. The van der Waals surface area contributed by atoms with E-state index < -0.39 is 57.4 Å². The number of carbonyl (C=O) groups excluding carboxylic acids is 2. The smallest absolute Gasteiger partial charge is 0.461 e. The molecule has 0 aliphatic heterocycles. The quantitative estimate of drug-likeness (QED) is 0.0224. The fraction of sp³-hybridized carbons (Fsp3) is 0.692. The van der Waals surface area contributed by atoms with E-state index in [4.69, 9.17) is 19.3 Å². The molecular weight excluding hydrogens is 675 g/mol. The number of ether oxygens (including phenoxy) is 2. The first-order valence-corrected chi connectivity index (χ1v) is 20.4. The highest BCUT2D eigenvalue weighted by molar-refractivity contribution is 7.46. The van der Waals surface area contributed by atoms with Gasteiger partial charge in [0.1, 0.15) is 6.61 Å². The van der Waals surface area contributed by atoms with Gasteiger partial charge in [-0.15, -0.1) is 0 Å². The zero-order valence-corrected chi connectivity index (χ0v) is 31.7. The third-order valence-electron chi connectivity index (χ3n) is 8.61. The van der Waals surface area contributed by atoms with Crippen LogP contribution in [0.5, 0.6) is 0 Å². The number of hydrogen-bond donors (Lipinski definition) is 5. The van der Waals surface area contributed by atoms with Crippen molar-refractivity contribution in [3.05, 3.63) is 60.8 Å². The summed E-state index contributed by atoms with van der Waals surface area (Å²) in [5.74, 6) is -1.85. The van der Waals surface area contributed by atoms with Gasteiger partial charge in [-0.2, -0.15) is 0 Å². The molecule has 0 radical (unpaired) electrons. The van der Waals surface area contributed by atoms with E-state index >= 15 is 0 Å². The maximum atomic E-state index is 12.4. The van der Waals surface area contributed by atoms with Gasteiger partial charge in [0.15, 0.2) is 6.10 Å². The Morgan fingerprint density at radius 2 is 1.41 bits per heavy atom. The highest BCUT2D eigenvalue weighted by Gasteiger charge is 2.39.